The SMILES string of the molecule is COc1ccc(C)c2c(C(=O)O)c(Cl)[nH]c12. The first-order valence-electron chi connectivity index (χ1n) is 4.64. The van der Waals surface area contributed by atoms with E-state index in [-0.39, 0.29) is 10.7 Å². The third-order valence-electron chi connectivity index (χ3n) is 2.51. The van der Waals surface area contributed by atoms with E-state index >= 15 is 0 Å². The monoisotopic (exact) mass is 239 g/mol. The van der Waals surface area contributed by atoms with Crippen LogP contribution in [0.15, 0.2) is 12.1 Å². The van der Waals surface area contributed by atoms with E-state index in [1.807, 2.05) is 6.92 Å². The maximum absolute atomic E-state index is 11.1. The molecule has 0 bridgehead atoms. The lowest BCUT2D eigenvalue weighted by molar-refractivity contribution is 0.0699. The summed E-state index contributed by atoms with van der Waals surface area (Å²) in [6.45, 7) is 1.83. The number of ether oxygens (including phenoxy) is 1. The normalized spacial score (nSPS) is 10.7. The number of aromatic amines is 1. The first-order valence-corrected chi connectivity index (χ1v) is 5.02. The first kappa shape index (κ1) is 10.8. The van der Waals surface area contributed by atoms with Crippen molar-refractivity contribution in [3.05, 3.63) is 28.4 Å². The molecular weight excluding hydrogens is 230 g/mol. The maximum atomic E-state index is 11.1. The average molecular weight is 240 g/mol. The lowest BCUT2D eigenvalue weighted by atomic mass is 10.1. The van der Waals surface area contributed by atoms with Crippen LogP contribution in [0.4, 0.5) is 0 Å². The van der Waals surface area contributed by atoms with Crippen molar-refractivity contribution in [2.24, 2.45) is 0 Å². The van der Waals surface area contributed by atoms with Gasteiger partial charge in [0.25, 0.3) is 0 Å². The van der Waals surface area contributed by atoms with Crippen LogP contribution in [0, 0.1) is 6.92 Å². The molecule has 0 aliphatic heterocycles. The highest BCUT2D eigenvalue weighted by atomic mass is 35.5. The molecule has 16 heavy (non-hydrogen) atoms. The summed E-state index contributed by atoms with van der Waals surface area (Å²) < 4.78 is 5.15. The number of aryl methyl sites for hydroxylation is 1. The molecule has 5 heteroatoms. The number of halogens is 1. The molecule has 0 aliphatic rings. The Balaban J connectivity index is 2.93. The van der Waals surface area contributed by atoms with Crippen molar-refractivity contribution in [2.45, 2.75) is 6.92 Å². The number of hydrogen-bond acceptors (Lipinski definition) is 2. The Kier molecular flexibility index (Phi) is 2.52. The van der Waals surface area contributed by atoms with Crippen LogP contribution in [-0.4, -0.2) is 23.2 Å². The van der Waals surface area contributed by atoms with Gasteiger partial charge in [0.2, 0.25) is 0 Å². The summed E-state index contributed by atoms with van der Waals surface area (Å²) in [4.78, 5) is 13.9. The van der Waals surface area contributed by atoms with Gasteiger partial charge in [0.1, 0.15) is 16.5 Å². The number of aromatic nitrogens is 1. The smallest absolute Gasteiger partial charge is 0.339 e. The van der Waals surface area contributed by atoms with E-state index in [1.165, 1.54) is 7.11 Å². The second kappa shape index (κ2) is 3.72. The second-order valence-electron chi connectivity index (χ2n) is 3.45. The van der Waals surface area contributed by atoms with Crippen molar-refractivity contribution < 1.29 is 14.6 Å². The average Bonchev–Trinajstić information content (AvgIpc) is 2.57. The van der Waals surface area contributed by atoms with E-state index in [9.17, 15) is 4.79 Å². The number of benzene rings is 1. The molecule has 2 aromatic rings. The Morgan fingerprint density at radius 1 is 1.50 bits per heavy atom. The van der Waals surface area contributed by atoms with E-state index in [4.69, 9.17) is 21.4 Å². The molecule has 4 nitrogen and oxygen atoms in total. The minimum absolute atomic E-state index is 0.0908. The Bertz CT molecular complexity index is 574. The van der Waals surface area contributed by atoms with Gasteiger partial charge in [0, 0.05) is 5.39 Å². The van der Waals surface area contributed by atoms with E-state index < -0.39 is 5.97 Å². The molecule has 0 saturated heterocycles. The highest BCUT2D eigenvalue weighted by Crippen LogP contribution is 2.34. The van der Waals surface area contributed by atoms with Gasteiger partial charge < -0.3 is 14.8 Å². The molecule has 0 spiro atoms. The number of carbonyl (C=O) groups is 1. The number of H-pyrrole nitrogens is 1. The molecule has 0 radical (unpaired) electrons. The Morgan fingerprint density at radius 2 is 2.19 bits per heavy atom. The first-order chi connectivity index (χ1) is 7.56. The van der Waals surface area contributed by atoms with Gasteiger partial charge in [-0.2, -0.15) is 0 Å². The van der Waals surface area contributed by atoms with Crippen molar-refractivity contribution in [2.75, 3.05) is 7.11 Å². The summed E-state index contributed by atoms with van der Waals surface area (Å²) in [6, 6.07) is 3.58. The molecule has 0 amide bonds. The van der Waals surface area contributed by atoms with Crippen molar-refractivity contribution in [3.63, 3.8) is 0 Å². The summed E-state index contributed by atoms with van der Waals surface area (Å²) >= 11 is 5.87. The molecule has 0 unspecified atom stereocenters. The minimum Gasteiger partial charge on any atom is -0.495 e. The summed E-state index contributed by atoms with van der Waals surface area (Å²) in [5, 5.41) is 9.81. The zero-order chi connectivity index (χ0) is 11.9. The van der Waals surface area contributed by atoms with Crippen LogP contribution in [-0.2, 0) is 0 Å². The van der Waals surface area contributed by atoms with Gasteiger partial charge in [-0.1, -0.05) is 17.7 Å². The molecule has 0 fully saturated rings. The Morgan fingerprint density at radius 3 is 2.75 bits per heavy atom. The van der Waals surface area contributed by atoms with Crippen molar-refractivity contribution in [1.82, 2.24) is 4.98 Å². The van der Waals surface area contributed by atoms with Crippen LogP contribution < -0.4 is 4.74 Å². The number of nitrogens with one attached hydrogen (secondary N) is 1. The molecule has 0 saturated carbocycles. The topological polar surface area (TPSA) is 62.3 Å². The molecule has 2 rings (SSSR count). The summed E-state index contributed by atoms with van der Waals surface area (Å²) in [5.74, 6) is -0.470. The van der Waals surface area contributed by atoms with Gasteiger partial charge in [0.15, 0.2) is 0 Å². The zero-order valence-corrected chi connectivity index (χ0v) is 9.55. The van der Waals surface area contributed by atoms with Crippen molar-refractivity contribution in [1.29, 1.82) is 0 Å². The molecule has 1 aromatic heterocycles. The predicted octanol–water partition coefficient (Wildman–Crippen LogP) is 2.84. The Hall–Kier alpha value is -1.68. The van der Waals surface area contributed by atoms with Crippen molar-refractivity contribution in [3.8, 4) is 5.75 Å². The highest BCUT2D eigenvalue weighted by Gasteiger charge is 2.20. The number of carboxylic acid groups (broad SMARTS) is 1. The molecule has 0 atom stereocenters. The van der Waals surface area contributed by atoms with Crippen LogP contribution in [0.5, 0.6) is 5.75 Å². The molecule has 1 heterocycles. The molecule has 84 valence electrons. The third kappa shape index (κ3) is 1.42. The van der Waals surface area contributed by atoms with Gasteiger partial charge in [-0.25, -0.2) is 4.79 Å². The third-order valence-corrected chi connectivity index (χ3v) is 2.80. The van der Waals surface area contributed by atoms with E-state index in [0.717, 1.165) is 5.56 Å². The van der Waals surface area contributed by atoms with Gasteiger partial charge in [-0.3, -0.25) is 0 Å². The number of methoxy groups -OCH3 is 1. The lowest BCUT2D eigenvalue weighted by Gasteiger charge is -2.03. The fraction of sp³-hybridized carbons (Fsp3) is 0.182. The number of hydrogen-bond donors (Lipinski definition) is 2. The quantitative estimate of drug-likeness (QED) is 0.847. The molecular formula is C11H10ClNO3. The lowest BCUT2D eigenvalue weighted by Crippen LogP contribution is -1.96. The number of rotatable bonds is 2. The van der Waals surface area contributed by atoms with Crippen LogP contribution in [0.1, 0.15) is 15.9 Å². The van der Waals surface area contributed by atoms with Crippen LogP contribution >= 0.6 is 11.6 Å². The summed E-state index contributed by atoms with van der Waals surface area (Å²) in [5.41, 5.74) is 1.55. The fourth-order valence-electron chi connectivity index (χ4n) is 1.79. The van der Waals surface area contributed by atoms with Gasteiger partial charge >= 0.3 is 5.97 Å². The van der Waals surface area contributed by atoms with E-state index in [1.54, 1.807) is 12.1 Å². The van der Waals surface area contributed by atoms with Crippen molar-refractivity contribution >= 4 is 28.5 Å². The predicted molar refractivity (Wildman–Crippen MR) is 61.6 cm³/mol. The summed E-state index contributed by atoms with van der Waals surface area (Å²) in [7, 11) is 1.53. The Labute approximate surface area is 96.8 Å². The standard InChI is InChI=1S/C11H10ClNO3/c1-5-3-4-6(16-2)9-7(5)8(11(14)15)10(12)13-9/h3-4,13H,1-2H3,(H,14,15). The van der Waals surface area contributed by atoms with E-state index in [0.29, 0.717) is 16.7 Å². The van der Waals surface area contributed by atoms with Crippen LogP contribution in [0.25, 0.3) is 10.9 Å². The van der Waals surface area contributed by atoms with Gasteiger partial charge in [0.05, 0.1) is 12.6 Å². The number of aromatic carboxylic acids is 1. The minimum atomic E-state index is -1.05. The van der Waals surface area contributed by atoms with Gasteiger partial charge in [-0.05, 0) is 18.6 Å². The fourth-order valence-corrected chi connectivity index (χ4v) is 2.06. The second-order valence-corrected chi connectivity index (χ2v) is 3.83. The molecule has 0 aliphatic carbocycles. The summed E-state index contributed by atoms with van der Waals surface area (Å²) in [6.07, 6.45) is 0. The number of fused-ring (bicyclic) bond motifs is 1. The maximum Gasteiger partial charge on any atom is 0.339 e. The van der Waals surface area contributed by atoms with Crippen LogP contribution in [0.3, 0.4) is 0 Å². The van der Waals surface area contributed by atoms with Gasteiger partial charge in [-0.15, -0.1) is 0 Å². The molecule has 2 N–H and O–H groups in total. The molecule has 1 aromatic carbocycles. The van der Waals surface area contributed by atoms with E-state index in [2.05, 4.69) is 4.98 Å². The largest absolute Gasteiger partial charge is 0.495 e. The van der Waals surface area contributed by atoms with Crippen LogP contribution in [0.2, 0.25) is 5.15 Å². The highest BCUT2D eigenvalue weighted by molar-refractivity contribution is 6.35. The zero-order valence-electron chi connectivity index (χ0n) is 8.80. The number of carboxylic acids is 1.